The lowest BCUT2D eigenvalue weighted by Crippen LogP contribution is -2.18. The van der Waals surface area contributed by atoms with Gasteiger partial charge in [-0.2, -0.15) is 0 Å². The van der Waals surface area contributed by atoms with E-state index in [1.807, 2.05) is 0 Å². The van der Waals surface area contributed by atoms with Crippen molar-refractivity contribution in [1.82, 2.24) is 0 Å². The van der Waals surface area contributed by atoms with Crippen LogP contribution in [0.3, 0.4) is 0 Å². The summed E-state index contributed by atoms with van der Waals surface area (Å²) in [5, 5.41) is -0.666. The predicted molar refractivity (Wildman–Crippen MR) is 79.7 cm³/mol. The Morgan fingerprint density at radius 1 is 1.00 bits per heavy atom. The number of hydrogen-bond acceptors (Lipinski definition) is 3. The average Bonchev–Trinajstić information content (AvgIpc) is 2.51. The number of rotatable bonds is 5. The maximum absolute atomic E-state index is 13.1. The summed E-state index contributed by atoms with van der Waals surface area (Å²) < 4.78 is 43.2. The molecule has 0 saturated heterocycles. The Hall–Kier alpha value is -2.08. The number of methoxy groups -OCH3 is 1. The third kappa shape index (κ3) is 3.98. The molecule has 0 aliphatic carbocycles. The highest BCUT2D eigenvalue weighted by Crippen LogP contribution is 2.29. The van der Waals surface area contributed by atoms with Crippen molar-refractivity contribution < 1.29 is 22.5 Å². The van der Waals surface area contributed by atoms with Crippen molar-refractivity contribution in [3.8, 4) is 0 Å². The minimum atomic E-state index is -1.62. The summed E-state index contributed by atoms with van der Waals surface area (Å²) in [6.07, 6.45) is 0. The zero-order valence-corrected chi connectivity index (χ0v) is 12.6. The van der Waals surface area contributed by atoms with E-state index in [-0.39, 0.29) is 5.75 Å². The van der Waals surface area contributed by atoms with Gasteiger partial charge in [0.05, 0.1) is 12.4 Å². The first-order valence-electron chi connectivity index (χ1n) is 6.46. The summed E-state index contributed by atoms with van der Waals surface area (Å²) in [4.78, 5) is 11.4. The van der Waals surface area contributed by atoms with Gasteiger partial charge in [0.1, 0.15) is 17.4 Å². The Morgan fingerprint density at radius 3 is 1.77 bits per heavy atom. The molecule has 6 heteroatoms. The lowest BCUT2D eigenvalue weighted by atomic mass is 10.0. The number of esters is 1. The van der Waals surface area contributed by atoms with Gasteiger partial charge in [-0.3, -0.25) is 9.00 Å². The Bertz CT molecular complexity index is 623. The fourth-order valence-corrected chi connectivity index (χ4v) is 3.47. The molecule has 0 saturated carbocycles. The average molecular weight is 324 g/mol. The molecular formula is C16H14F2O3S. The van der Waals surface area contributed by atoms with E-state index >= 15 is 0 Å². The quantitative estimate of drug-likeness (QED) is 0.794. The van der Waals surface area contributed by atoms with Crippen LogP contribution in [0.1, 0.15) is 16.4 Å². The van der Waals surface area contributed by atoms with Crippen molar-refractivity contribution in [3.63, 3.8) is 0 Å². The molecule has 1 atom stereocenters. The maximum atomic E-state index is 13.1. The van der Waals surface area contributed by atoms with Gasteiger partial charge in [-0.05, 0) is 35.4 Å². The van der Waals surface area contributed by atoms with Gasteiger partial charge in [-0.25, -0.2) is 8.78 Å². The Kier molecular flexibility index (Phi) is 5.38. The monoisotopic (exact) mass is 324 g/mol. The van der Waals surface area contributed by atoms with Crippen LogP contribution in [0.2, 0.25) is 0 Å². The Balaban J connectivity index is 2.39. The second-order valence-electron chi connectivity index (χ2n) is 4.58. The van der Waals surface area contributed by atoms with Crippen LogP contribution in [0.5, 0.6) is 0 Å². The van der Waals surface area contributed by atoms with Crippen molar-refractivity contribution in [2.45, 2.75) is 5.25 Å². The van der Waals surface area contributed by atoms with E-state index in [9.17, 15) is 17.8 Å². The number of ether oxygens (including phenoxy) is 1. The highest BCUT2D eigenvalue weighted by molar-refractivity contribution is 7.86. The van der Waals surface area contributed by atoms with Crippen LogP contribution in [0.4, 0.5) is 8.78 Å². The summed E-state index contributed by atoms with van der Waals surface area (Å²) >= 11 is 0. The summed E-state index contributed by atoms with van der Waals surface area (Å²) in [5.74, 6) is -1.73. The smallest absolute Gasteiger partial charge is 0.318 e. The standard InChI is InChI=1S/C16H14F2O3S/c1-21-15(19)10-22(20)16(11-2-6-13(17)7-3-11)12-4-8-14(18)9-5-12/h2-9,16H,10H2,1H3/t22-/m0/s1. The zero-order chi connectivity index (χ0) is 16.1. The van der Waals surface area contributed by atoms with Gasteiger partial charge >= 0.3 is 5.97 Å². The Morgan fingerprint density at radius 2 is 1.41 bits per heavy atom. The second kappa shape index (κ2) is 7.26. The molecule has 0 amide bonds. The fourth-order valence-electron chi connectivity index (χ4n) is 2.03. The van der Waals surface area contributed by atoms with Gasteiger partial charge in [0.2, 0.25) is 0 Å². The van der Waals surface area contributed by atoms with Crippen molar-refractivity contribution in [3.05, 3.63) is 71.3 Å². The summed E-state index contributed by atoms with van der Waals surface area (Å²) in [6, 6.07) is 11.0. The lowest BCUT2D eigenvalue weighted by molar-refractivity contribution is -0.137. The first kappa shape index (κ1) is 16.3. The molecule has 0 heterocycles. The molecule has 2 aromatic carbocycles. The van der Waals surface area contributed by atoms with E-state index < -0.39 is 33.7 Å². The number of carbonyl (C=O) groups excluding carboxylic acids is 1. The molecule has 3 nitrogen and oxygen atoms in total. The van der Waals surface area contributed by atoms with E-state index in [1.54, 1.807) is 0 Å². The molecule has 2 rings (SSSR count). The third-order valence-corrected chi connectivity index (χ3v) is 4.69. The topological polar surface area (TPSA) is 43.4 Å². The highest BCUT2D eigenvalue weighted by atomic mass is 32.2. The van der Waals surface area contributed by atoms with Gasteiger partial charge in [0.25, 0.3) is 0 Å². The van der Waals surface area contributed by atoms with Crippen LogP contribution >= 0.6 is 0 Å². The first-order valence-corrected chi connectivity index (χ1v) is 7.84. The van der Waals surface area contributed by atoms with E-state index in [1.165, 1.54) is 55.6 Å². The molecule has 0 aliphatic heterocycles. The minimum absolute atomic E-state index is 0.296. The van der Waals surface area contributed by atoms with Crippen molar-refractivity contribution in [1.29, 1.82) is 0 Å². The maximum Gasteiger partial charge on any atom is 0.318 e. The number of benzene rings is 2. The van der Waals surface area contributed by atoms with Gasteiger partial charge < -0.3 is 4.74 Å². The van der Waals surface area contributed by atoms with E-state index in [2.05, 4.69) is 4.74 Å². The normalized spacial score (nSPS) is 12.2. The van der Waals surface area contributed by atoms with E-state index in [0.29, 0.717) is 11.1 Å². The van der Waals surface area contributed by atoms with Crippen LogP contribution in [0, 0.1) is 11.6 Å². The molecule has 2 aromatic rings. The van der Waals surface area contributed by atoms with Crippen LogP contribution < -0.4 is 0 Å². The summed E-state index contributed by atoms with van der Waals surface area (Å²) in [6.45, 7) is 0. The molecule has 0 unspecified atom stereocenters. The van der Waals surface area contributed by atoms with Crippen LogP contribution in [0.15, 0.2) is 48.5 Å². The number of hydrogen-bond donors (Lipinski definition) is 0. The molecule has 0 fully saturated rings. The minimum Gasteiger partial charge on any atom is -0.468 e. The molecule has 22 heavy (non-hydrogen) atoms. The van der Waals surface area contributed by atoms with Crippen LogP contribution in [-0.4, -0.2) is 23.0 Å². The van der Waals surface area contributed by atoms with E-state index in [4.69, 9.17) is 0 Å². The third-order valence-electron chi connectivity index (χ3n) is 3.10. The Labute approximate surface area is 129 Å². The zero-order valence-electron chi connectivity index (χ0n) is 11.8. The van der Waals surface area contributed by atoms with Gasteiger partial charge in [-0.15, -0.1) is 0 Å². The van der Waals surface area contributed by atoms with Crippen LogP contribution in [0.25, 0.3) is 0 Å². The molecule has 0 N–H and O–H groups in total. The van der Waals surface area contributed by atoms with Gasteiger partial charge in [0, 0.05) is 10.8 Å². The van der Waals surface area contributed by atoms with Crippen LogP contribution in [-0.2, 0) is 20.3 Å². The molecule has 0 spiro atoms. The van der Waals surface area contributed by atoms with Crippen molar-refractivity contribution >= 4 is 16.8 Å². The van der Waals surface area contributed by atoms with E-state index in [0.717, 1.165) is 0 Å². The number of carbonyl (C=O) groups is 1. The largest absolute Gasteiger partial charge is 0.468 e. The molecular weight excluding hydrogens is 310 g/mol. The van der Waals surface area contributed by atoms with Crippen molar-refractivity contribution in [2.24, 2.45) is 0 Å². The van der Waals surface area contributed by atoms with Crippen molar-refractivity contribution in [2.75, 3.05) is 12.9 Å². The predicted octanol–water partition coefficient (Wildman–Crippen LogP) is 2.98. The fraction of sp³-hybridized carbons (Fsp3) is 0.188. The molecule has 0 bridgehead atoms. The lowest BCUT2D eigenvalue weighted by Gasteiger charge is -2.17. The van der Waals surface area contributed by atoms with Gasteiger partial charge in [-0.1, -0.05) is 24.3 Å². The molecule has 116 valence electrons. The van der Waals surface area contributed by atoms with Gasteiger partial charge in [0.15, 0.2) is 0 Å². The number of halogens is 2. The first-order chi connectivity index (χ1) is 10.5. The summed E-state index contributed by atoms with van der Waals surface area (Å²) in [7, 11) is -0.410. The summed E-state index contributed by atoms with van der Waals surface area (Å²) in [5.41, 5.74) is 1.16. The second-order valence-corrected chi connectivity index (χ2v) is 6.11. The molecule has 0 aromatic heterocycles. The molecule has 0 aliphatic rings. The highest BCUT2D eigenvalue weighted by Gasteiger charge is 2.24. The molecule has 0 radical (unpaired) electrons. The SMILES string of the molecule is COC(=O)C[S@](=O)C(c1ccc(F)cc1)c1ccc(F)cc1.